The Morgan fingerprint density at radius 1 is 1.08 bits per heavy atom. The maximum absolute atomic E-state index is 13.7. The van der Waals surface area contributed by atoms with Crippen molar-refractivity contribution in [1.82, 2.24) is 20.1 Å². The Bertz CT molecular complexity index is 1590. The lowest BCUT2D eigenvalue weighted by atomic mass is 9.34. The van der Waals surface area contributed by atoms with E-state index >= 15 is 0 Å². The second-order valence-electron chi connectivity index (χ2n) is 20.7. The third-order valence-corrected chi connectivity index (χ3v) is 16.7. The van der Waals surface area contributed by atoms with Crippen LogP contribution in [-0.4, -0.2) is 69.8 Å². The highest BCUT2D eigenvalue weighted by molar-refractivity contribution is 5.90. The van der Waals surface area contributed by atoms with E-state index in [1.807, 2.05) is 4.68 Å². The summed E-state index contributed by atoms with van der Waals surface area (Å²) < 4.78 is 15.9. The van der Waals surface area contributed by atoms with E-state index in [0.717, 1.165) is 32.1 Å². The van der Waals surface area contributed by atoms with Gasteiger partial charge < -0.3 is 25.6 Å². The summed E-state index contributed by atoms with van der Waals surface area (Å²) in [7, 11) is 0. The molecule has 3 saturated carbocycles. The first kappa shape index (κ1) is 40.4. The number of fused-ring (bicyclic) bond motifs is 3. The molecule has 1 amide bonds. The Labute approximate surface area is 319 Å². The molecule has 1 saturated heterocycles. The summed E-state index contributed by atoms with van der Waals surface area (Å²) in [5.74, 6) is 0.555. The molecule has 12 atom stereocenters. The van der Waals surface area contributed by atoms with E-state index in [4.69, 9.17) is 20.3 Å². The highest BCUT2D eigenvalue weighted by atomic mass is 16.5. The normalized spacial score (nSPS) is 41.2. The highest BCUT2D eigenvalue weighted by Gasteiger charge is 2.73. The van der Waals surface area contributed by atoms with E-state index in [1.165, 1.54) is 11.9 Å². The summed E-state index contributed by atoms with van der Waals surface area (Å²) in [4.78, 5) is 31.9. The molecule has 298 valence electrons. The number of carboxylic acid groups (broad SMARTS) is 1. The Morgan fingerprint density at radius 3 is 2.40 bits per heavy atom. The lowest BCUT2D eigenvalue weighted by Gasteiger charge is -2.71. The van der Waals surface area contributed by atoms with Gasteiger partial charge in [-0.15, -0.1) is 0 Å². The van der Waals surface area contributed by atoms with Crippen LogP contribution in [0.25, 0.3) is 0 Å². The van der Waals surface area contributed by atoms with Crippen molar-refractivity contribution in [3.8, 4) is 0 Å². The smallest absolute Gasteiger partial charge is 0.307 e. The predicted octanol–water partition coefficient (Wildman–Crippen LogP) is 7.55. The number of allylic oxidation sites excluding steroid dienone is 1. The molecule has 10 nitrogen and oxygen atoms in total. The van der Waals surface area contributed by atoms with Crippen molar-refractivity contribution in [3.05, 3.63) is 23.8 Å². The van der Waals surface area contributed by atoms with Gasteiger partial charge in [-0.1, -0.05) is 87.8 Å². The first-order valence-corrected chi connectivity index (χ1v) is 20.7. The summed E-state index contributed by atoms with van der Waals surface area (Å²) in [5.41, 5.74) is 6.07. The number of rotatable bonds is 11. The standard InChI is InChI=1S/C43H71N5O5/c1-25(2)20-45-36(49)35-46-24-47-48(35)31-19-38(8)21-52-23-43(34(31)53-22-42(12,44)27(5)6)30-15-16-41(11)33(37(50)51)39(9,28(7)26(3)4)17-18-40(41,10)29(30)13-14-32(38)43/h15,24-29,31-34H,13-14,16-23,44H2,1-12H3,(H,45,49)(H,50,51)/t28-,29+,31-,32-,33-,34+,38-,39-,40-,41+,42+,43+/m1/s1. The number of nitrogens with zero attached hydrogens (tertiary/aromatic N) is 3. The van der Waals surface area contributed by atoms with E-state index in [1.54, 1.807) is 0 Å². The number of hydrogen-bond donors (Lipinski definition) is 3. The lowest BCUT2D eigenvalue weighted by Crippen LogP contribution is -2.70. The molecule has 4 N–H and O–H groups in total. The molecular weight excluding hydrogens is 667 g/mol. The molecule has 0 radical (unpaired) electrons. The molecule has 4 fully saturated rings. The number of aliphatic carboxylic acids is 1. The third kappa shape index (κ3) is 6.05. The Hall–Kier alpha value is -2.30. The summed E-state index contributed by atoms with van der Waals surface area (Å²) in [6.07, 6.45) is 8.91. The number of ether oxygens (including phenoxy) is 2. The van der Waals surface area contributed by atoms with Gasteiger partial charge in [-0.3, -0.25) is 9.59 Å². The fraction of sp³-hybridized carbons (Fsp3) is 0.860. The van der Waals surface area contributed by atoms with Gasteiger partial charge in [-0.2, -0.15) is 5.10 Å². The molecule has 1 aromatic rings. The minimum atomic E-state index is -0.657. The topological polar surface area (TPSA) is 142 Å². The molecule has 4 aliphatic carbocycles. The van der Waals surface area contributed by atoms with E-state index in [2.05, 4.69) is 99.5 Å². The zero-order valence-corrected chi connectivity index (χ0v) is 34.9. The Balaban J connectivity index is 1.52. The van der Waals surface area contributed by atoms with Crippen LogP contribution < -0.4 is 11.1 Å². The van der Waals surface area contributed by atoms with Crippen molar-refractivity contribution in [3.63, 3.8) is 0 Å². The maximum atomic E-state index is 13.7. The zero-order valence-electron chi connectivity index (χ0n) is 34.9. The summed E-state index contributed by atoms with van der Waals surface area (Å²) in [5, 5.41) is 19.0. The van der Waals surface area contributed by atoms with Crippen molar-refractivity contribution in [1.29, 1.82) is 0 Å². The molecule has 0 aromatic carbocycles. The minimum absolute atomic E-state index is 0.174. The fourth-order valence-corrected chi connectivity index (χ4v) is 12.6. The van der Waals surface area contributed by atoms with Gasteiger partial charge in [0.15, 0.2) is 0 Å². The summed E-state index contributed by atoms with van der Waals surface area (Å²) in [6, 6.07) is -0.278. The maximum Gasteiger partial charge on any atom is 0.307 e. The quantitative estimate of drug-likeness (QED) is 0.198. The molecule has 0 unspecified atom stereocenters. The number of nitrogens with one attached hydrogen (secondary N) is 1. The summed E-state index contributed by atoms with van der Waals surface area (Å²) in [6.45, 7) is 28.6. The Morgan fingerprint density at radius 2 is 1.77 bits per heavy atom. The number of aromatic nitrogens is 3. The van der Waals surface area contributed by atoms with Gasteiger partial charge >= 0.3 is 5.97 Å². The van der Waals surface area contributed by atoms with Gasteiger partial charge in [0.1, 0.15) is 6.33 Å². The van der Waals surface area contributed by atoms with Gasteiger partial charge in [0.05, 0.1) is 37.9 Å². The van der Waals surface area contributed by atoms with Crippen molar-refractivity contribution in [2.24, 2.45) is 74.2 Å². The highest BCUT2D eigenvalue weighted by Crippen LogP contribution is 2.75. The number of amides is 1. The van der Waals surface area contributed by atoms with E-state index in [0.29, 0.717) is 50.4 Å². The molecule has 1 aromatic heterocycles. The van der Waals surface area contributed by atoms with Gasteiger partial charge in [0, 0.05) is 17.5 Å². The first-order chi connectivity index (χ1) is 24.6. The van der Waals surface area contributed by atoms with Crippen LogP contribution >= 0.6 is 0 Å². The number of carbonyl (C=O) groups is 2. The molecule has 53 heavy (non-hydrogen) atoms. The molecule has 6 rings (SSSR count). The van der Waals surface area contributed by atoms with Crippen molar-refractivity contribution >= 4 is 11.9 Å². The van der Waals surface area contributed by atoms with Crippen LogP contribution in [0.3, 0.4) is 0 Å². The number of nitrogens with two attached hydrogens (primary N) is 1. The SMILES string of the molecule is CC(C)CNC(=O)c1ncnn1[C@@H]1C[C@]2(C)COC[C@@]3(C4=CC[C@@]5(C)[C@H](C(=O)O)[C@@](C)([C@H](C)C(C)C)CC[C@]5(C)[C@H]4CC[C@H]23)[C@H]1OC[C@](C)(N)C(C)C. The molecule has 1 aliphatic heterocycles. The molecule has 0 spiro atoms. The molecule has 2 bridgehead atoms. The van der Waals surface area contributed by atoms with Gasteiger partial charge in [-0.05, 0) is 103 Å². The first-order valence-electron chi connectivity index (χ1n) is 20.7. The number of carboxylic acids is 1. The van der Waals surface area contributed by atoms with E-state index < -0.39 is 28.3 Å². The van der Waals surface area contributed by atoms with Crippen molar-refractivity contribution < 1.29 is 24.2 Å². The lowest BCUT2D eigenvalue weighted by molar-refractivity contribution is -0.254. The molecule has 2 heterocycles. The van der Waals surface area contributed by atoms with Gasteiger partial charge in [0.2, 0.25) is 5.82 Å². The minimum Gasteiger partial charge on any atom is -0.481 e. The number of hydrogen-bond acceptors (Lipinski definition) is 7. The Kier molecular flexibility index (Phi) is 10.4. The summed E-state index contributed by atoms with van der Waals surface area (Å²) >= 11 is 0. The fourth-order valence-electron chi connectivity index (χ4n) is 12.6. The molecule has 10 heteroatoms. The number of carbonyl (C=O) groups excluding carboxylic acids is 1. The van der Waals surface area contributed by atoms with Crippen LogP contribution in [0.5, 0.6) is 0 Å². The zero-order chi connectivity index (χ0) is 39.1. The molecule has 5 aliphatic rings. The van der Waals surface area contributed by atoms with E-state index in [9.17, 15) is 14.7 Å². The largest absolute Gasteiger partial charge is 0.481 e. The predicted molar refractivity (Wildman–Crippen MR) is 207 cm³/mol. The van der Waals surface area contributed by atoms with Gasteiger partial charge in [0.25, 0.3) is 5.91 Å². The second-order valence-corrected chi connectivity index (χ2v) is 20.7. The van der Waals surface area contributed by atoms with Crippen LogP contribution in [0.2, 0.25) is 0 Å². The monoisotopic (exact) mass is 738 g/mol. The third-order valence-electron chi connectivity index (χ3n) is 16.7. The van der Waals surface area contributed by atoms with E-state index in [-0.39, 0.29) is 58.0 Å². The van der Waals surface area contributed by atoms with Crippen LogP contribution in [0, 0.1) is 68.5 Å². The molecular formula is C43H71N5O5. The average Bonchev–Trinajstić information content (AvgIpc) is 3.56. The average molecular weight is 738 g/mol. The van der Waals surface area contributed by atoms with Crippen LogP contribution in [0.15, 0.2) is 18.0 Å². The second kappa shape index (κ2) is 13.7. The van der Waals surface area contributed by atoms with Crippen molar-refractivity contribution in [2.45, 2.75) is 139 Å². The van der Waals surface area contributed by atoms with Gasteiger partial charge in [-0.25, -0.2) is 9.67 Å². The van der Waals surface area contributed by atoms with Crippen LogP contribution in [0.1, 0.15) is 138 Å². The van der Waals surface area contributed by atoms with Crippen LogP contribution in [0.4, 0.5) is 0 Å². The van der Waals surface area contributed by atoms with Crippen molar-refractivity contribution in [2.75, 3.05) is 26.4 Å². The van der Waals surface area contributed by atoms with Crippen LogP contribution in [-0.2, 0) is 14.3 Å².